The van der Waals surface area contributed by atoms with Gasteiger partial charge in [0.25, 0.3) is 0 Å². The number of aromatic nitrogens is 2. The van der Waals surface area contributed by atoms with E-state index in [4.69, 9.17) is 0 Å². The molecular weight excluding hydrogens is 334 g/mol. The molecule has 5 nitrogen and oxygen atoms in total. The lowest BCUT2D eigenvalue weighted by Gasteiger charge is -2.10. The summed E-state index contributed by atoms with van der Waals surface area (Å²) in [4.78, 5) is 8.71. The first-order valence-corrected chi connectivity index (χ1v) is 9.37. The lowest BCUT2D eigenvalue weighted by atomic mass is 10.1. The van der Waals surface area contributed by atoms with Crippen LogP contribution in [0.2, 0.25) is 0 Å². The maximum Gasteiger partial charge on any atom is 0.241 e. The minimum atomic E-state index is -3.60. The van der Waals surface area contributed by atoms with Crippen LogP contribution in [0.4, 0.5) is 0 Å². The number of nitrogens with zero attached hydrogens (tertiary/aromatic N) is 2. The monoisotopic (exact) mass is 353 g/mol. The zero-order chi connectivity index (χ0) is 17.9. The smallest absolute Gasteiger partial charge is 0.240 e. The summed E-state index contributed by atoms with van der Waals surface area (Å²) >= 11 is 0. The Balaban J connectivity index is 1.81. The van der Waals surface area contributed by atoms with E-state index in [0.29, 0.717) is 16.2 Å². The van der Waals surface area contributed by atoms with Crippen molar-refractivity contribution in [1.29, 1.82) is 0 Å². The Morgan fingerprint density at radius 2 is 1.72 bits per heavy atom. The van der Waals surface area contributed by atoms with Gasteiger partial charge in [0.1, 0.15) is 6.33 Å². The number of nitrogens with one attached hydrogen (secondary N) is 1. The van der Waals surface area contributed by atoms with E-state index in [1.807, 2.05) is 49.4 Å². The molecule has 1 heterocycles. The fourth-order valence-electron chi connectivity index (χ4n) is 2.50. The van der Waals surface area contributed by atoms with Crippen LogP contribution in [0, 0.1) is 13.8 Å². The summed E-state index contributed by atoms with van der Waals surface area (Å²) in [5.74, 6) is 0. The topological polar surface area (TPSA) is 72.0 Å². The minimum absolute atomic E-state index is 0.109. The molecule has 0 bridgehead atoms. The van der Waals surface area contributed by atoms with E-state index in [-0.39, 0.29) is 6.54 Å². The molecule has 2 aromatic carbocycles. The maximum absolute atomic E-state index is 12.6. The Hall–Kier alpha value is -2.57. The van der Waals surface area contributed by atoms with Crippen LogP contribution in [-0.4, -0.2) is 18.4 Å². The molecular formula is C19H19N3O2S. The van der Waals surface area contributed by atoms with E-state index in [0.717, 1.165) is 16.8 Å². The van der Waals surface area contributed by atoms with Crippen molar-refractivity contribution in [3.63, 3.8) is 0 Å². The molecule has 0 unspecified atom stereocenters. The SMILES string of the molecule is Cc1ccc(C)c(S(=O)(=O)NCc2cc(-c3ccccc3)ncn2)c1. The second-order valence-corrected chi connectivity index (χ2v) is 7.59. The Morgan fingerprint density at radius 3 is 2.48 bits per heavy atom. The number of benzene rings is 2. The van der Waals surface area contributed by atoms with E-state index in [9.17, 15) is 8.42 Å². The van der Waals surface area contributed by atoms with Gasteiger partial charge in [0.15, 0.2) is 0 Å². The lowest BCUT2D eigenvalue weighted by molar-refractivity contribution is 0.579. The van der Waals surface area contributed by atoms with Crippen molar-refractivity contribution in [2.45, 2.75) is 25.3 Å². The van der Waals surface area contributed by atoms with Crippen LogP contribution in [0.15, 0.2) is 65.8 Å². The zero-order valence-electron chi connectivity index (χ0n) is 14.1. The molecule has 0 spiro atoms. The highest BCUT2D eigenvalue weighted by molar-refractivity contribution is 7.89. The van der Waals surface area contributed by atoms with Gasteiger partial charge >= 0.3 is 0 Å². The summed E-state index contributed by atoms with van der Waals surface area (Å²) in [6.07, 6.45) is 1.45. The first kappa shape index (κ1) is 17.3. The van der Waals surface area contributed by atoms with Gasteiger partial charge in [-0.05, 0) is 37.1 Å². The van der Waals surface area contributed by atoms with E-state index in [1.54, 1.807) is 19.1 Å². The molecule has 0 aliphatic heterocycles. The molecule has 0 saturated carbocycles. The van der Waals surface area contributed by atoms with Gasteiger partial charge < -0.3 is 0 Å². The average Bonchev–Trinajstić information content (AvgIpc) is 2.63. The molecule has 0 aliphatic rings. The predicted octanol–water partition coefficient (Wildman–Crippen LogP) is 3.24. The maximum atomic E-state index is 12.6. The molecule has 3 aromatic rings. The highest BCUT2D eigenvalue weighted by atomic mass is 32.2. The second kappa shape index (κ2) is 7.13. The first-order chi connectivity index (χ1) is 12.0. The normalized spacial score (nSPS) is 11.4. The number of rotatable bonds is 5. The van der Waals surface area contributed by atoms with Crippen LogP contribution in [0.5, 0.6) is 0 Å². The molecule has 0 atom stereocenters. The molecule has 0 radical (unpaired) electrons. The van der Waals surface area contributed by atoms with E-state index in [1.165, 1.54) is 6.33 Å². The van der Waals surface area contributed by atoms with Crippen molar-refractivity contribution in [2.24, 2.45) is 0 Å². The fraction of sp³-hybridized carbons (Fsp3) is 0.158. The van der Waals surface area contributed by atoms with Crippen LogP contribution in [0.3, 0.4) is 0 Å². The van der Waals surface area contributed by atoms with Crippen molar-refractivity contribution >= 4 is 10.0 Å². The first-order valence-electron chi connectivity index (χ1n) is 7.89. The van der Waals surface area contributed by atoms with Crippen LogP contribution < -0.4 is 4.72 Å². The van der Waals surface area contributed by atoms with Crippen molar-refractivity contribution in [1.82, 2.24) is 14.7 Å². The summed E-state index contributed by atoms with van der Waals surface area (Å²) < 4.78 is 27.8. The Kier molecular flexibility index (Phi) is 4.92. The summed E-state index contributed by atoms with van der Waals surface area (Å²) in [7, 11) is -3.60. The highest BCUT2D eigenvalue weighted by Crippen LogP contribution is 2.18. The van der Waals surface area contributed by atoms with Gasteiger partial charge in [-0.15, -0.1) is 0 Å². The van der Waals surface area contributed by atoms with E-state index in [2.05, 4.69) is 14.7 Å². The third-order valence-corrected chi connectivity index (χ3v) is 5.41. The minimum Gasteiger partial charge on any atom is -0.240 e. The molecule has 0 aliphatic carbocycles. The van der Waals surface area contributed by atoms with Gasteiger partial charge in [0.2, 0.25) is 10.0 Å². The van der Waals surface area contributed by atoms with Crippen LogP contribution in [-0.2, 0) is 16.6 Å². The Morgan fingerprint density at radius 1 is 0.960 bits per heavy atom. The highest BCUT2D eigenvalue weighted by Gasteiger charge is 2.17. The average molecular weight is 353 g/mol. The van der Waals surface area contributed by atoms with Crippen LogP contribution in [0.25, 0.3) is 11.3 Å². The molecule has 0 amide bonds. The van der Waals surface area contributed by atoms with Crippen LogP contribution >= 0.6 is 0 Å². The molecule has 1 N–H and O–H groups in total. The van der Waals surface area contributed by atoms with Crippen molar-refractivity contribution in [3.8, 4) is 11.3 Å². The van der Waals surface area contributed by atoms with Gasteiger partial charge in [-0.3, -0.25) is 0 Å². The van der Waals surface area contributed by atoms with Crippen LogP contribution in [0.1, 0.15) is 16.8 Å². The number of hydrogen-bond donors (Lipinski definition) is 1. The lowest BCUT2D eigenvalue weighted by Crippen LogP contribution is -2.24. The molecule has 1 aromatic heterocycles. The van der Waals surface area contributed by atoms with Crippen molar-refractivity contribution in [2.75, 3.05) is 0 Å². The number of aryl methyl sites for hydroxylation is 2. The Bertz CT molecular complexity index is 987. The summed E-state index contributed by atoms with van der Waals surface area (Å²) in [6, 6.07) is 16.9. The van der Waals surface area contributed by atoms with Gasteiger partial charge in [0, 0.05) is 5.56 Å². The predicted molar refractivity (Wildman–Crippen MR) is 97.4 cm³/mol. The third-order valence-electron chi connectivity index (χ3n) is 3.87. The van der Waals surface area contributed by atoms with Gasteiger partial charge in [-0.25, -0.2) is 23.1 Å². The summed E-state index contributed by atoms with van der Waals surface area (Å²) in [5, 5.41) is 0. The summed E-state index contributed by atoms with van der Waals surface area (Å²) in [6.45, 7) is 3.76. The second-order valence-electron chi connectivity index (χ2n) is 5.85. The van der Waals surface area contributed by atoms with Gasteiger partial charge in [-0.1, -0.05) is 42.5 Å². The van der Waals surface area contributed by atoms with E-state index < -0.39 is 10.0 Å². The fourth-order valence-corrected chi connectivity index (χ4v) is 3.83. The molecule has 0 saturated heterocycles. The molecule has 25 heavy (non-hydrogen) atoms. The third kappa shape index (κ3) is 4.10. The summed E-state index contributed by atoms with van der Waals surface area (Å²) in [5.41, 5.74) is 3.95. The molecule has 128 valence electrons. The van der Waals surface area contributed by atoms with E-state index >= 15 is 0 Å². The molecule has 6 heteroatoms. The van der Waals surface area contributed by atoms with Crippen molar-refractivity contribution < 1.29 is 8.42 Å². The van der Waals surface area contributed by atoms with Gasteiger partial charge in [0.05, 0.1) is 22.8 Å². The largest absolute Gasteiger partial charge is 0.241 e. The standard InChI is InChI=1S/C19H19N3O2S/c1-14-8-9-15(2)19(10-14)25(23,24)22-12-17-11-18(21-13-20-17)16-6-4-3-5-7-16/h3-11,13,22H,12H2,1-2H3. The Labute approximate surface area is 147 Å². The quantitative estimate of drug-likeness (QED) is 0.764. The van der Waals surface area contributed by atoms with Gasteiger partial charge in [-0.2, -0.15) is 0 Å². The molecule has 0 fully saturated rings. The van der Waals surface area contributed by atoms with Crippen molar-refractivity contribution in [3.05, 3.63) is 77.7 Å². The molecule has 3 rings (SSSR count). The number of sulfonamides is 1. The zero-order valence-corrected chi connectivity index (χ0v) is 14.9. The number of hydrogen-bond acceptors (Lipinski definition) is 4.